The summed E-state index contributed by atoms with van der Waals surface area (Å²) in [6, 6.07) is -0.897. The number of nitrogens with two attached hydrogens (primary N) is 1. The fraction of sp³-hybridized carbons (Fsp3) is 0.679. The van der Waals surface area contributed by atoms with E-state index in [0.717, 1.165) is 89.9 Å². The largest absolute Gasteiger partial charge is 0.472 e. The first-order chi connectivity index (χ1) is 30.4. The summed E-state index contributed by atoms with van der Waals surface area (Å²) < 4.78 is 22.2. The number of hydrogen-bond acceptors (Lipinski definition) is 6. The lowest BCUT2D eigenvalue weighted by Crippen LogP contribution is -2.45. The first kappa shape index (κ1) is 59.4. The average Bonchev–Trinajstić information content (AvgIpc) is 3.26. The maximum absolute atomic E-state index is 12.8. The van der Waals surface area contributed by atoms with Crippen LogP contribution in [0.2, 0.25) is 0 Å². The fourth-order valence-corrected chi connectivity index (χ4v) is 7.42. The number of carbonyl (C=O) groups excluding carboxylic acids is 1. The molecule has 0 spiro atoms. The maximum atomic E-state index is 12.8. The molecule has 356 valence electrons. The van der Waals surface area contributed by atoms with Crippen LogP contribution < -0.4 is 11.1 Å². The zero-order valence-corrected chi connectivity index (χ0v) is 40.5. The summed E-state index contributed by atoms with van der Waals surface area (Å²) in [6.45, 7) is 3.98. The lowest BCUT2D eigenvalue weighted by Gasteiger charge is -2.23. The Morgan fingerprint density at radius 1 is 0.548 bits per heavy atom. The van der Waals surface area contributed by atoms with Gasteiger partial charge in [0.2, 0.25) is 5.91 Å². The van der Waals surface area contributed by atoms with Crippen molar-refractivity contribution in [3.05, 3.63) is 97.2 Å². The summed E-state index contributed by atoms with van der Waals surface area (Å²) in [4.78, 5) is 22.8. The van der Waals surface area contributed by atoms with Gasteiger partial charge in [-0.1, -0.05) is 201 Å². The number of phosphoric acid groups is 1. The number of amides is 1. The Morgan fingerprint density at radius 2 is 0.952 bits per heavy atom. The van der Waals surface area contributed by atoms with Gasteiger partial charge in [0.1, 0.15) is 0 Å². The normalized spacial score (nSPS) is 14.7. The molecule has 0 aromatic rings. The molecule has 1 amide bonds. The average molecular weight is 885 g/mol. The minimum atomic E-state index is -4.37. The van der Waals surface area contributed by atoms with Gasteiger partial charge < -0.3 is 21.1 Å². The Morgan fingerprint density at radius 3 is 1.44 bits per heavy atom. The third kappa shape index (κ3) is 45.4. The number of phosphoric ester groups is 1. The molecule has 0 radical (unpaired) electrons. The van der Waals surface area contributed by atoms with Gasteiger partial charge in [0.15, 0.2) is 0 Å². The summed E-state index contributed by atoms with van der Waals surface area (Å²) >= 11 is 0. The van der Waals surface area contributed by atoms with E-state index < -0.39 is 20.0 Å². The van der Waals surface area contributed by atoms with Crippen molar-refractivity contribution in [1.29, 1.82) is 0 Å². The lowest BCUT2D eigenvalue weighted by molar-refractivity contribution is -0.123. The molecule has 3 atom stereocenters. The Labute approximate surface area is 381 Å². The van der Waals surface area contributed by atoms with Crippen LogP contribution in [0.25, 0.3) is 0 Å². The third-order valence-electron chi connectivity index (χ3n) is 10.4. The van der Waals surface area contributed by atoms with Crippen molar-refractivity contribution in [2.24, 2.45) is 5.73 Å². The molecule has 0 rings (SSSR count). The fourth-order valence-electron chi connectivity index (χ4n) is 6.66. The molecule has 62 heavy (non-hydrogen) atoms. The zero-order valence-electron chi connectivity index (χ0n) is 39.6. The highest BCUT2D eigenvalue weighted by Crippen LogP contribution is 2.43. The molecule has 0 fully saturated rings. The summed E-state index contributed by atoms with van der Waals surface area (Å²) in [5.41, 5.74) is 5.39. The molecule has 0 heterocycles. The Bertz CT molecular complexity index is 1290. The smallest absolute Gasteiger partial charge is 0.387 e. The number of aliphatic hydroxyl groups excluding tert-OH is 1. The van der Waals surface area contributed by atoms with Crippen molar-refractivity contribution in [2.45, 2.75) is 212 Å². The number of hydrogen-bond donors (Lipinski definition) is 4. The van der Waals surface area contributed by atoms with Crippen molar-refractivity contribution in [2.75, 3.05) is 19.8 Å². The minimum absolute atomic E-state index is 0.0646. The van der Waals surface area contributed by atoms with E-state index in [-0.39, 0.29) is 25.7 Å². The summed E-state index contributed by atoms with van der Waals surface area (Å²) in [5, 5.41) is 13.7. The van der Waals surface area contributed by atoms with Gasteiger partial charge in [-0.2, -0.15) is 0 Å². The topological polar surface area (TPSA) is 131 Å². The van der Waals surface area contributed by atoms with Crippen LogP contribution in [0, 0.1) is 0 Å². The molecule has 0 aliphatic carbocycles. The summed E-state index contributed by atoms with van der Waals surface area (Å²) in [7, 11) is -4.37. The number of rotatable bonds is 45. The van der Waals surface area contributed by atoms with Crippen LogP contribution in [0.3, 0.4) is 0 Å². The van der Waals surface area contributed by atoms with Gasteiger partial charge in [0.25, 0.3) is 0 Å². The molecular formula is C53H93N2O6P. The second-order valence-corrected chi connectivity index (χ2v) is 17.7. The maximum Gasteiger partial charge on any atom is 0.472 e. The molecule has 5 N–H and O–H groups in total. The van der Waals surface area contributed by atoms with Gasteiger partial charge in [-0.05, 0) is 89.9 Å². The van der Waals surface area contributed by atoms with Gasteiger partial charge in [0, 0.05) is 13.0 Å². The number of nitrogens with one attached hydrogen (secondary N) is 1. The van der Waals surface area contributed by atoms with Crippen LogP contribution in [0.5, 0.6) is 0 Å². The molecule has 0 saturated carbocycles. The van der Waals surface area contributed by atoms with Crippen molar-refractivity contribution in [3.8, 4) is 0 Å². The van der Waals surface area contributed by atoms with Gasteiger partial charge in [-0.25, -0.2) is 4.57 Å². The highest BCUT2D eigenvalue weighted by atomic mass is 31.2. The molecule has 8 nitrogen and oxygen atoms in total. The summed E-state index contributed by atoms with van der Waals surface area (Å²) in [5.74, 6) is -0.223. The number of allylic oxidation sites excluding steroid dienone is 15. The zero-order chi connectivity index (χ0) is 45.3. The van der Waals surface area contributed by atoms with E-state index in [4.69, 9.17) is 14.8 Å². The third-order valence-corrected chi connectivity index (χ3v) is 11.4. The number of carbonyl (C=O) groups is 1. The van der Waals surface area contributed by atoms with E-state index in [9.17, 15) is 19.4 Å². The van der Waals surface area contributed by atoms with Crippen molar-refractivity contribution >= 4 is 13.7 Å². The van der Waals surface area contributed by atoms with E-state index in [1.54, 1.807) is 6.08 Å². The van der Waals surface area contributed by atoms with E-state index in [1.165, 1.54) is 89.9 Å². The molecule has 0 aliphatic rings. The molecule has 0 aliphatic heterocycles. The molecule has 0 bridgehead atoms. The first-order valence-electron chi connectivity index (χ1n) is 24.9. The van der Waals surface area contributed by atoms with Gasteiger partial charge in [-0.3, -0.25) is 13.8 Å². The van der Waals surface area contributed by atoms with E-state index in [1.807, 2.05) is 6.08 Å². The molecule has 0 aromatic carbocycles. The van der Waals surface area contributed by atoms with Crippen LogP contribution >= 0.6 is 7.82 Å². The molecular weight excluding hydrogens is 792 g/mol. The lowest BCUT2D eigenvalue weighted by atomic mass is 10.1. The van der Waals surface area contributed by atoms with Crippen LogP contribution in [0.1, 0.15) is 200 Å². The van der Waals surface area contributed by atoms with Gasteiger partial charge in [-0.15, -0.1) is 0 Å². The van der Waals surface area contributed by atoms with Crippen molar-refractivity contribution < 1.29 is 28.4 Å². The van der Waals surface area contributed by atoms with Crippen LogP contribution in [0.15, 0.2) is 97.2 Å². The van der Waals surface area contributed by atoms with Crippen LogP contribution in [-0.4, -0.2) is 47.8 Å². The van der Waals surface area contributed by atoms with Crippen molar-refractivity contribution in [3.63, 3.8) is 0 Å². The Kier molecular flexibility index (Phi) is 45.9. The predicted octanol–water partition coefficient (Wildman–Crippen LogP) is 14.7. The predicted molar refractivity (Wildman–Crippen MR) is 267 cm³/mol. The SMILES string of the molecule is CC/C=C\C/C=C\C/C=C\C/C=C\C/C=C\CCCCCCCCCC(=O)NC(COP(=O)(O)OCCN)C(O)/C=C/CC/C=C/CC/C=C/CCCCCCCCCCCC. The van der Waals surface area contributed by atoms with Crippen LogP contribution in [-0.2, 0) is 18.4 Å². The highest BCUT2D eigenvalue weighted by molar-refractivity contribution is 7.47. The van der Waals surface area contributed by atoms with Gasteiger partial charge >= 0.3 is 7.82 Å². The second kappa shape index (κ2) is 47.9. The van der Waals surface area contributed by atoms with Crippen molar-refractivity contribution in [1.82, 2.24) is 5.32 Å². The second-order valence-electron chi connectivity index (χ2n) is 16.3. The Balaban J connectivity index is 4.25. The van der Waals surface area contributed by atoms with Gasteiger partial charge in [0.05, 0.1) is 25.4 Å². The number of unbranched alkanes of at least 4 members (excludes halogenated alkanes) is 19. The minimum Gasteiger partial charge on any atom is -0.387 e. The Hall–Kier alpha value is -2.58. The monoisotopic (exact) mass is 885 g/mol. The number of aliphatic hydroxyl groups is 1. The molecule has 9 heteroatoms. The van der Waals surface area contributed by atoms with E-state index in [2.05, 4.69) is 104 Å². The van der Waals surface area contributed by atoms with Crippen LogP contribution in [0.4, 0.5) is 0 Å². The molecule has 3 unspecified atom stereocenters. The molecule has 0 saturated heterocycles. The highest BCUT2D eigenvalue weighted by Gasteiger charge is 2.26. The summed E-state index contributed by atoms with van der Waals surface area (Å²) in [6.07, 6.45) is 66.1. The van der Waals surface area contributed by atoms with E-state index in [0.29, 0.717) is 6.42 Å². The first-order valence-corrected chi connectivity index (χ1v) is 26.4. The standard InChI is InChI=1S/C53H93N2O6P/c1-3-5-7-9-11-13-15-17-19-21-23-25-26-27-29-31-33-35-37-39-41-43-45-47-53(57)55-51(50-61-62(58,59)60-49-48-54)52(56)46-44-42-40-38-36-34-32-30-28-24-22-20-18-16-14-12-10-8-6-4-2/h5,7,11,13,17,19,23,25,27-30,36,38,44,46,51-52,56H,3-4,6,8-10,12,14-16,18,20-22,24,26,31-35,37,39-43,45,47-50,54H2,1-2H3,(H,55,57)(H,58,59)/b7-5-,13-11-,19-17-,25-23-,29-27-,30-28+,38-36+,46-44+. The quantitative estimate of drug-likeness (QED) is 0.0272. The van der Waals surface area contributed by atoms with E-state index >= 15 is 0 Å². The molecule has 0 aromatic heterocycles.